The second kappa shape index (κ2) is 7.85. The number of carbonyl (C=O) groups is 2. The van der Waals surface area contributed by atoms with E-state index in [0.29, 0.717) is 6.54 Å². The van der Waals surface area contributed by atoms with Crippen molar-refractivity contribution in [1.82, 2.24) is 10.6 Å². The van der Waals surface area contributed by atoms with Crippen LogP contribution in [-0.2, 0) is 9.59 Å². The third-order valence-electron chi connectivity index (χ3n) is 6.51. The fraction of sp³-hybridized carbons (Fsp3) is 0.895. The number of rotatable bonds is 5. The van der Waals surface area contributed by atoms with Crippen LogP contribution in [0.5, 0.6) is 0 Å². The molecule has 3 rings (SSSR count). The predicted molar refractivity (Wildman–Crippen MR) is 94.2 cm³/mol. The summed E-state index contributed by atoms with van der Waals surface area (Å²) in [6, 6.07) is 0.261. The highest BCUT2D eigenvalue weighted by molar-refractivity contribution is 5.80. The number of carbonyl (C=O) groups excluding carboxylic acids is 2. The van der Waals surface area contributed by atoms with Gasteiger partial charge in [-0.1, -0.05) is 25.7 Å². The molecule has 0 unspecified atom stereocenters. The van der Waals surface area contributed by atoms with Gasteiger partial charge in [0.1, 0.15) is 0 Å². The molecule has 3 aliphatic carbocycles. The van der Waals surface area contributed by atoms with Gasteiger partial charge in [-0.15, -0.1) is 0 Å². The van der Waals surface area contributed by atoms with Crippen LogP contribution < -0.4 is 16.4 Å². The Kier molecular flexibility index (Phi) is 5.80. The lowest BCUT2D eigenvalue weighted by molar-refractivity contribution is -0.128. The lowest BCUT2D eigenvalue weighted by Crippen LogP contribution is -2.54. The normalized spacial score (nSPS) is 30.2. The van der Waals surface area contributed by atoms with Gasteiger partial charge in [0.2, 0.25) is 11.8 Å². The molecule has 0 aromatic heterocycles. The Morgan fingerprint density at radius 3 is 2.00 bits per heavy atom. The van der Waals surface area contributed by atoms with E-state index in [1.165, 1.54) is 12.8 Å². The number of amides is 2. The number of nitrogens with one attached hydrogen (secondary N) is 2. The molecule has 5 heteroatoms. The van der Waals surface area contributed by atoms with Crippen LogP contribution in [0.15, 0.2) is 0 Å². The summed E-state index contributed by atoms with van der Waals surface area (Å²) in [5, 5.41) is 6.48. The maximum absolute atomic E-state index is 12.6. The van der Waals surface area contributed by atoms with E-state index >= 15 is 0 Å². The smallest absolute Gasteiger partial charge is 0.223 e. The molecule has 4 N–H and O–H groups in total. The van der Waals surface area contributed by atoms with E-state index in [2.05, 4.69) is 10.6 Å². The van der Waals surface area contributed by atoms with Gasteiger partial charge in [0.25, 0.3) is 0 Å². The van der Waals surface area contributed by atoms with Gasteiger partial charge in [0.05, 0.1) is 5.54 Å². The second-order valence-corrected chi connectivity index (χ2v) is 8.22. The Morgan fingerprint density at radius 1 is 0.833 bits per heavy atom. The quantitative estimate of drug-likeness (QED) is 0.720. The Labute approximate surface area is 145 Å². The van der Waals surface area contributed by atoms with Gasteiger partial charge in [0.15, 0.2) is 0 Å². The summed E-state index contributed by atoms with van der Waals surface area (Å²) in [4.78, 5) is 24.8. The minimum atomic E-state index is -0.148. The molecule has 0 atom stereocenters. The van der Waals surface area contributed by atoms with Crippen LogP contribution in [0.1, 0.15) is 77.0 Å². The van der Waals surface area contributed by atoms with Crippen LogP contribution in [0.2, 0.25) is 0 Å². The van der Waals surface area contributed by atoms with Crippen molar-refractivity contribution in [3.63, 3.8) is 0 Å². The standard InChI is InChI=1S/C19H33N3O2/c20-13-19(11-3-4-12-19)22-18(24)15-7-9-16(10-8-15)21-17(23)14-5-1-2-6-14/h14-16H,1-13,20H2,(H,21,23)(H,22,24). The number of hydrogen-bond donors (Lipinski definition) is 3. The molecule has 3 saturated carbocycles. The van der Waals surface area contributed by atoms with Crippen LogP contribution in [0.25, 0.3) is 0 Å². The highest BCUT2D eigenvalue weighted by Crippen LogP contribution is 2.31. The number of nitrogens with two attached hydrogens (primary N) is 1. The average molecular weight is 335 g/mol. The summed E-state index contributed by atoms with van der Waals surface area (Å²) < 4.78 is 0. The van der Waals surface area contributed by atoms with E-state index in [4.69, 9.17) is 5.73 Å². The van der Waals surface area contributed by atoms with Gasteiger partial charge in [-0.3, -0.25) is 9.59 Å². The van der Waals surface area contributed by atoms with Gasteiger partial charge >= 0.3 is 0 Å². The minimum Gasteiger partial charge on any atom is -0.353 e. The Hall–Kier alpha value is -1.10. The van der Waals surface area contributed by atoms with E-state index in [9.17, 15) is 9.59 Å². The summed E-state index contributed by atoms with van der Waals surface area (Å²) in [6.45, 7) is 0.547. The van der Waals surface area contributed by atoms with Crippen molar-refractivity contribution in [3.8, 4) is 0 Å². The fourth-order valence-corrected chi connectivity index (χ4v) is 4.80. The highest BCUT2D eigenvalue weighted by Gasteiger charge is 2.37. The monoisotopic (exact) mass is 335 g/mol. The topological polar surface area (TPSA) is 84.2 Å². The summed E-state index contributed by atoms with van der Waals surface area (Å²) >= 11 is 0. The van der Waals surface area contributed by atoms with E-state index in [0.717, 1.165) is 64.2 Å². The molecule has 0 heterocycles. The molecular formula is C19H33N3O2. The van der Waals surface area contributed by atoms with E-state index < -0.39 is 0 Å². The Morgan fingerprint density at radius 2 is 1.42 bits per heavy atom. The third kappa shape index (κ3) is 4.11. The van der Waals surface area contributed by atoms with Crippen molar-refractivity contribution in [1.29, 1.82) is 0 Å². The van der Waals surface area contributed by atoms with Gasteiger partial charge in [-0.05, 0) is 51.4 Å². The second-order valence-electron chi connectivity index (χ2n) is 8.22. The zero-order chi connectivity index (χ0) is 17.0. The predicted octanol–water partition coefficient (Wildman–Crippen LogP) is 2.24. The highest BCUT2D eigenvalue weighted by atomic mass is 16.2. The lowest BCUT2D eigenvalue weighted by Gasteiger charge is -2.34. The van der Waals surface area contributed by atoms with Crippen LogP contribution in [-0.4, -0.2) is 29.9 Å². The van der Waals surface area contributed by atoms with Crippen molar-refractivity contribution >= 4 is 11.8 Å². The summed E-state index contributed by atoms with van der Waals surface area (Å²) in [6.07, 6.45) is 12.4. The van der Waals surface area contributed by atoms with Crippen molar-refractivity contribution in [2.75, 3.05) is 6.54 Å². The molecule has 0 spiro atoms. The largest absolute Gasteiger partial charge is 0.353 e. The molecule has 0 aromatic carbocycles. The molecule has 3 aliphatic rings. The van der Waals surface area contributed by atoms with E-state index in [-0.39, 0.29) is 35.2 Å². The molecule has 0 radical (unpaired) electrons. The molecule has 2 amide bonds. The van der Waals surface area contributed by atoms with Gasteiger partial charge < -0.3 is 16.4 Å². The third-order valence-corrected chi connectivity index (χ3v) is 6.51. The summed E-state index contributed by atoms with van der Waals surface area (Å²) in [5.74, 6) is 0.753. The van der Waals surface area contributed by atoms with E-state index in [1.807, 2.05) is 0 Å². The van der Waals surface area contributed by atoms with Gasteiger partial charge in [0, 0.05) is 24.4 Å². The lowest BCUT2D eigenvalue weighted by atomic mass is 9.84. The molecule has 5 nitrogen and oxygen atoms in total. The first-order chi connectivity index (χ1) is 11.6. The van der Waals surface area contributed by atoms with Crippen LogP contribution >= 0.6 is 0 Å². The van der Waals surface area contributed by atoms with Crippen LogP contribution in [0.4, 0.5) is 0 Å². The molecule has 24 heavy (non-hydrogen) atoms. The molecule has 0 aromatic rings. The molecule has 0 saturated heterocycles. The first kappa shape index (κ1) is 17.7. The first-order valence-corrected chi connectivity index (χ1v) is 9.94. The first-order valence-electron chi connectivity index (χ1n) is 9.94. The minimum absolute atomic E-state index is 0.0913. The molecule has 3 fully saturated rings. The molecular weight excluding hydrogens is 302 g/mol. The van der Waals surface area contributed by atoms with Crippen molar-refractivity contribution in [3.05, 3.63) is 0 Å². The van der Waals surface area contributed by atoms with E-state index in [1.54, 1.807) is 0 Å². The molecule has 136 valence electrons. The maximum atomic E-state index is 12.6. The van der Waals surface area contributed by atoms with Crippen molar-refractivity contribution in [2.24, 2.45) is 17.6 Å². The fourth-order valence-electron chi connectivity index (χ4n) is 4.80. The van der Waals surface area contributed by atoms with Crippen LogP contribution in [0.3, 0.4) is 0 Å². The maximum Gasteiger partial charge on any atom is 0.223 e. The Bertz CT molecular complexity index is 446. The molecule has 0 aliphatic heterocycles. The summed E-state index contributed by atoms with van der Waals surface area (Å²) in [7, 11) is 0. The van der Waals surface area contributed by atoms with Crippen LogP contribution in [0, 0.1) is 11.8 Å². The summed E-state index contributed by atoms with van der Waals surface area (Å²) in [5.41, 5.74) is 5.77. The molecule has 0 bridgehead atoms. The van der Waals surface area contributed by atoms with Crippen molar-refractivity contribution in [2.45, 2.75) is 88.6 Å². The zero-order valence-corrected chi connectivity index (χ0v) is 14.8. The number of hydrogen-bond acceptors (Lipinski definition) is 3. The van der Waals surface area contributed by atoms with Gasteiger partial charge in [-0.2, -0.15) is 0 Å². The Balaban J connectivity index is 1.42. The van der Waals surface area contributed by atoms with Gasteiger partial charge in [-0.25, -0.2) is 0 Å². The van der Waals surface area contributed by atoms with Crippen molar-refractivity contribution < 1.29 is 9.59 Å². The SMILES string of the molecule is NCC1(NC(=O)C2CCC(NC(=O)C3CCCC3)CC2)CCCC1. The zero-order valence-electron chi connectivity index (χ0n) is 14.8. The average Bonchev–Trinajstić information content (AvgIpc) is 3.28.